The fourth-order valence-corrected chi connectivity index (χ4v) is 4.97. The Balaban J connectivity index is 1.52. The van der Waals surface area contributed by atoms with E-state index in [-0.39, 0.29) is 51.9 Å². The normalized spacial score (nSPS) is 19.0. The first-order valence-corrected chi connectivity index (χ1v) is 14.2. The highest BCUT2D eigenvalue weighted by atomic mass is 35.5. The Morgan fingerprint density at radius 3 is 2.55 bits per heavy atom. The maximum atomic E-state index is 12.9. The number of rotatable bonds is 10. The number of halogens is 1. The first-order chi connectivity index (χ1) is 17.9. The van der Waals surface area contributed by atoms with Crippen LogP contribution in [-0.2, 0) is 30.7 Å². The number of likely N-dealkylation sites (tertiary alicyclic amines) is 1. The van der Waals surface area contributed by atoms with Crippen LogP contribution < -0.4 is 15.8 Å². The van der Waals surface area contributed by atoms with E-state index in [9.17, 15) is 18.0 Å². The van der Waals surface area contributed by atoms with Crippen LogP contribution in [0.2, 0.25) is 5.02 Å². The molecule has 1 saturated heterocycles. The van der Waals surface area contributed by atoms with Crippen molar-refractivity contribution in [2.75, 3.05) is 45.8 Å². The number of aromatic nitrogens is 1. The number of anilines is 1. The molecule has 3 atom stereocenters. The Bertz CT molecular complexity index is 1260. The third kappa shape index (κ3) is 7.56. The van der Waals surface area contributed by atoms with E-state index in [1.165, 1.54) is 25.3 Å². The minimum atomic E-state index is -3.28. The number of ether oxygens (including phenoxy) is 3. The molecule has 0 radical (unpaired) electrons. The summed E-state index contributed by atoms with van der Waals surface area (Å²) in [4.78, 5) is 31.8. The molecule has 0 bridgehead atoms. The molecular formula is C25H33ClN4O7S. The third-order valence-corrected chi connectivity index (χ3v) is 7.77. The summed E-state index contributed by atoms with van der Waals surface area (Å²) in [6.07, 6.45) is 1.42. The zero-order valence-electron chi connectivity index (χ0n) is 21.8. The van der Waals surface area contributed by atoms with Crippen LogP contribution in [0.3, 0.4) is 0 Å². The predicted octanol–water partition coefficient (Wildman–Crippen LogP) is 1.93. The van der Waals surface area contributed by atoms with Gasteiger partial charge < -0.3 is 25.3 Å². The van der Waals surface area contributed by atoms with Gasteiger partial charge in [-0.3, -0.25) is 14.5 Å². The van der Waals surface area contributed by atoms with Crippen LogP contribution >= 0.6 is 11.6 Å². The number of esters is 1. The Morgan fingerprint density at radius 1 is 1.26 bits per heavy atom. The summed E-state index contributed by atoms with van der Waals surface area (Å²) >= 11 is 6.04. The average molecular weight is 569 g/mol. The van der Waals surface area contributed by atoms with Crippen LogP contribution in [0.5, 0.6) is 5.88 Å². The molecule has 3 rings (SSSR count). The fourth-order valence-electron chi connectivity index (χ4n) is 4.19. The van der Waals surface area contributed by atoms with Crippen molar-refractivity contribution in [1.82, 2.24) is 15.2 Å². The van der Waals surface area contributed by atoms with E-state index in [4.69, 9.17) is 31.5 Å². The molecular weight excluding hydrogens is 536 g/mol. The summed E-state index contributed by atoms with van der Waals surface area (Å²) in [6.45, 7) is 3.43. The van der Waals surface area contributed by atoms with Crippen LogP contribution in [0.1, 0.15) is 29.3 Å². The zero-order chi connectivity index (χ0) is 28.0. The second-order valence-electron chi connectivity index (χ2n) is 9.24. The number of hydrogen-bond donors (Lipinski definition) is 2. The zero-order valence-corrected chi connectivity index (χ0v) is 23.3. The molecule has 0 spiro atoms. The number of nitrogens with two attached hydrogens (primary N) is 1. The minimum absolute atomic E-state index is 0.0511. The molecule has 0 aliphatic carbocycles. The van der Waals surface area contributed by atoms with Crippen LogP contribution in [0.25, 0.3) is 0 Å². The minimum Gasteiger partial charge on any atom is -0.480 e. The molecule has 1 amide bonds. The molecule has 2 heterocycles. The van der Waals surface area contributed by atoms with E-state index < -0.39 is 21.7 Å². The van der Waals surface area contributed by atoms with Crippen molar-refractivity contribution in [2.45, 2.75) is 37.0 Å². The first-order valence-electron chi connectivity index (χ1n) is 11.9. The number of nitrogen functional groups attached to an aromatic ring is 1. The second kappa shape index (κ2) is 12.7. The molecule has 38 heavy (non-hydrogen) atoms. The summed E-state index contributed by atoms with van der Waals surface area (Å²) < 4.78 is 39.4. The van der Waals surface area contributed by atoms with E-state index in [1.807, 2.05) is 0 Å². The molecule has 3 N–H and O–H groups in total. The summed E-state index contributed by atoms with van der Waals surface area (Å²) in [5.41, 5.74) is 6.57. The Hall–Kier alpha value is -2.93. The standard InChI is InChI=1S/C25H33ClN4O7S/c1-15(25(32)37-14-16-5-7-17(8-6-16)38(4,33)34)12-30-10-9-20(21(13-30)35-2)28-23(31)18-11-19(26)22(27)29-24(18)36-3/h5-8,11,15,20-21H,9-10,12-14H2,1-4H3,(H2,27,29)(H,28,31)/t15?,20-,21+/m0/s1. The Labute approximate surface area is 227 Å². The van der Waals surface area contributed by atoms with Crippen molar-refractivity contribution < 1.29 is 32.2 Å². The van der Waals surface area contributed by atoms with E-state index >= 15 is 0 Å². The molecule has 208 valence electrons. The van der Waals surface area contributed by atoms with E-state index in [1.54, 1.807) is 26.2 Å². The lowest BCUT2D eigenvalue weighted by atomic mass is 9.99. The lowest BCUT2D eigenvalue weighted by Crippen LogP contribution is -2.55. The van der Waals surface area contributed by atoms with Gasteiger partial charge in [0.1, 0.15) is 18.0 Å². The van der Waals surface area contributed by atoms with E-state index in [0.29, 0.717) is 31.6 Å². The van der Waals surface area contributed by atoms with E-state index in [2.05, 4.69) is 15.2 Å². The average Bonchev–Trinajstić information content (AvgIpc) is 2.88. The number of sulfone groups is 1. The summed E-state index contributed by atoms with van der Waals surface area (Å²) in [5.74, 6) is -1.02. The highest BCUT2D eigenvalue weighted by Gasteiger charge is 2.33. The molecule has 1 unspecified atom stereocenters. The van der Waals surface area contributed by atoms with Gasteiger partial charge in [-0.1, -0.05) is 30.7 Å². The number of methoxy groups -OCH3 is 2. The fraction of sp³-hybridized carbons (Fsp3) is 0.480. The SMILES string of the molecule is COc1nc(N)c(Cl)cc1C(=O)N[C@H]1CCN(CC(C)C(=O)OCc2ccc(S(C)(=O)=O)cc2)C[C@H]1OC. The van der Waals surface area contributed by atoms with Gasteiger partial charge in [0, 0.05) is 33.0 Å². The quantitative estimate of drug-likeness (QED) is 0.407. The molecule has 11 nitrogen and oxygen atoms in total. The van der Waals surface area contributed by atoms with Gasteiger partial charge in [0.05, 0.1) is 35.1 Å². The molecule has 13 heteroatoms. The third-order valence-electron chi connectivity index (χ3n) is 6.34. The maximum absolute atomic E-state index is 12.9. The van der Waals surface area contributed by atoms with Gasteiger partial charge in [-0.05, 0) is 30.2 Å². The van der Waals surface area contributed by atoms with Crippen molar-refractivity contribution in [2.24, 2.45) is 5.92 Å². The number of nitrogens with one attached hydrogen (secondary N) is 1. The Kier molecular flexibility index (Phi) is 9.94. The number of carbonyl (C=O) groups is 2. The van der Waals surface area contributed by atoms with Crippen LogP contribution in [-0.4, -0.2) is 82.4 Å². The smallest absolute Gasteiger partial charge is 0.310 e. The highest BCUT2D eigenvalue weighted by molar-refractivity contribution is 7.90. The summed E-state index contributed by atoms with van der Waals surface area (Å²) in [5, 5.41) is 3.12. The maximum Gasteiger partial charge on any atom is 0.310 e. The number of nitrogens with zero attached hydrogens (tertiary/aromatic N) is 2. The summed E-state index contributed by atoms with van der Waals surface area (Å²) in [6, 6.07) is 7.37. The lowest BCUT2D eigenvalue weighted by Gasteiger charge is -2.38. The lowest BCUT2D eigenvalue weighted by molar-refractivity contribution is -0.150. The summed E-state index contributed by atoms with van der Waals surface area (Å²) in [7, 11) is -0.320. The van der Waals surface area contributed by atoms with Gasteiger partial charge >= 0.3 is 5.97 Å². The molecule has 0 saturated carbocycles. The van der Waals surface area contributed by atoms with Crippen molar-refractivity contribution in [3.05, 3.63) is 46.5 Å². The predicted molar refractivity (Wildman–Crippen MR) is 142 cm³/mol. The monoisotopic (exact) mass is 568 g/mol. The van der Waals surface area contributed by atoms with Gasteiger partial charge in [0.2, 0.25) is 5.88 Å². The largest absolute Gasteiger partial charge is 0.480 e. The number of pyridine rings is 1. The number of piperidine rings is 1. The van der Waals surface area contributed by atoms with E-state index in [0.717, 1.165) is 6.26 Å². The van der Waals surface area contributed by atoms with Crippen molar-refractivity contribution >= 4 is 39.1 Å². The number of carbonyl (C=O) groups excluding carboxylic acids is 2. The van der Waals surface area contributed by atoms with Gasteiger partial charge in [0.25, 0.3) is 5.91 Å². The molecule has 1 aromatic carbocycles. The van der Waals surface area contributed by atoms with Crippen molar-refractivity contribution in [3.63, 3.8) is 0 Å². The number of benzene rings is 1. The van der Waals surface area contributed by atoms with Gasteiger partial charge in [-0.25, -0.2) is 8.42 Å². The molecule has 1 fully saturated rings. The van der Waals surface area contributed by atoms with Gasteiger partial charge in [-0.2, -0.15) is 4.98 Å². The number of hydrogen-bond acceptors (Lipinski definition) is 10. The number of amides is 1. The van der Waals surface area contributed by atoms with Gasteiger partial charge in [-0.15, -0.1) is 0 Å². The topological polar surface area (TPSA) is 150 Å². The molecule has 1 aliphatic rings. The van der Waals surface area contributed by atoms with Crippen LogP contribution in [0.15, 0.2) is 35.2 Å². The van der Waals surface area contributed by atoms with Crippen LogP contribution in [0.4, 0.5) is 5.82 Å². The second-order valence-corrected chi connectivity index (χ2v) is 11.7. The van der Waals surface area contributed by atoms with Crippen molar-refractivity contribution in [1.29, 1.82) is 0 Å². The molecule has 1 aromatic heterocycles. The van der Waals surface area contributed by atoms with Crippen molar-refractivity contribution in [3.8, 4) is 5.88 Å². The highest BCUT2D eigenvalue weighted by Crippen LogP contribution is 2.26. The molecule has 1 aliphatic heterocycles. The Morgan fingerprint density at radius 2 is 1.95 bits per heavy atom. The molecule has 2 aromatic rings. The van der Waals surface area contributed by atoms with Gasteiger partial charge in [0.15, 0.2) is 9.84 Å². The van der Waals surface area contributed by atoms with Crippen LogP contribution in [0, 0.1) is 5.92 Å². The first kappa shape index (κ1) is 29.6.